The zero-order chi connectivity index (χ0) is 18.0. The molecular formula is C20H26N4O2. The molecule has 0 bridgehead atoms. The van der Waals surface area contributed by atoms with Gasteiger partial charge in [0.05, 0.1) is 7.11 Å². The van der Waals surface area contributed by atoms with Crippen molar-refractivity contribution in [3.8, 4) is 11.5 Å². The smallest absolute Gasteiger partial charge is 0.225 e. The van der Waals surface area contributed by atoms with Crippen molar-refractivity contribution in [3.63, 3.8) is 0 Å². The summed E-state index contributed by atoms with van der Waals surface area (Å²) in [4.78, 5) is 13.7. The Labute approximate surface area is 154 Å². The molecule has 0 atom stereocenters. The van der Waals surface area contributed by atoms with Crippen molar-refractivity contribution in [1.82, 2.24) is 14.9 Å². The van der Waals surface area contributed by atoms with Gasteiger partial charge in [-0.05, 0) is 56.0 Å². The average molecular weight is 354 g/mol. The van der Waals surface area contributed by atoms with Crippen LogP contribution in [0.25, 0.3) is 0 Å². The molecule has 6 nitrogen and oxygen atoms in total. The first kappa shape index (κ1) is 17.1. The second kappa shape index (κ2) is 7.11. The van der Waals surface area contributed by atoms with Gasteiger partial charge in [0.1, 0.15) is 0 Å². The minimum absolute atomic E-state index is 0.217. The number of hydrogen-bond acceptors (Lipinski definition) is 6. The Morgan fingerprint density at radius 1 is 1.12 bits per heavy atom. The van der Waals surface area contributed by atoms with Crippen molar-refractivity contribution in [3.05, 3.63) is 42.2 Å². The lowest BCUT2D eigenvalue weighted by molar-refractivity contribution is 0.0993. The summed E-state index contributed by atoms with van der Waals surface area (Å²) in [6.45, 7) is 3.98. The van der Waals surface area contributed by atoms with E-state index in [1.54, 1.807) is 7.11 Å². The third-order valence-corrected chi connectivity index (χ3v) is 5.89. The molecule has 1 spiro atoms. The first-order valence-corrected chi connectivity index (χ1v) is 9.33. The quantitative estimate of drug-likeness (QED) is 0.911. The molecule has 3 heterocycles. The second-order valence-electron chi connectivity index (χ2n) is 7.29. The highest BCUT2D eigenvalue weighted by Crippen LogP contribution is 2.40. The molecule has 2 aliphatic heterocycles. The largest absolute Gasteiger partial charge is 0.504 e. The fourth-order valence-electron chi connectivity index (χ4n) is 4.44. The number of aromatic hydroxyl groups is 1. The predicted octanol–water partition coefficient (Wildman–Crippen LogP) is 2.83. The van der Waals surface area contributed by atoms with Gasteiger partial charge in [-0.15, -0.1) is 0 Å². The van der Waals surface area contributed by atoms with Crippen LogP contribution in [0.2, 0.25) is 0 Å². The second-order valence-corrected chi connectivity index (χ2v) is 7.29. The van der Waals surface area contributed by atoms with Crippen molar-refractivity contribution >= 4 is 5.95 Å². The first-order valence-electron chi connectivity index (χ1n) is 9.33. The molecule has 2 fully saturated rings. The van der Waals surface area contributed by atoms with Crippen LogP contribution in [0.1, 0.15) is 31.2 Å². The van der Waals surface area contributed by atoms with E-state index in [-0.39, 0.29) is 11.3 Å². The molecule has 2 saturated heterocycles. The standard InChI is InChI=1S/C20H26N4O2/c1-26-18-5-4-16(14-17(18)25)15-24-11-2-6-20(24)7-12-23(13-8-20)19-21-9-3-10-22-19/h3-5,9-10,14,25H,2,6-8,11-13,15H2,1H3. The van der Waals surface area contributed by atoms with E-state index in [0.717, 1.165) is 50.5 Å². The number of hydrogen-bond donors (Lipinski definition) is 1. The van der Waals surface area contributed by atoms with Gasteiger partial charge < -0.3 is 14.7 Å². The van der Waals surface area contributed by atoms with Crippen LogP contribution in [0.4, 0.5) is 5.95 Å². The minimum Gasteiger partial charge on any atom is -0.504 e. The number of anilines is 1. The summed E-state index contributed by atoms with van der Waals surface area (Å²) in [5, 5.41) is 10.1. The molecule has 0 saturated carbocycles. The van der Waals surface area contributed by atoms with Crippen molar-refractivity contribution in [2.45, 2.75) is 37.8 Å². The third-order valence-electron chi connectivity index (χ3n) is 5.89. The van der Waals surface area contributed by atoms with Gasteiger partial charge in [-0.25, -0.2) is 9.97 Å². The lowest BCUT2D eigenvalue weighted by Crippen LogP contribution is -2.52. The summed E-state index contributed by atoms with van der Waals surface area (Å²) in [6.07, 6.45) is 8.37. The van der Waals surface area contributed by atoms with Crippen LogP contribution >= 0.6 is 0 Å². The molecule has 1 aromatic carbocycles. The van der Waals surface area contributed by atoms with Gasteiger partial charge in [0.15, 0.2) is 11.5 Å². The Morgan fingerprint density at radius 3 is 2.58 bits per heavy atom. The molecular weight excluding hydrogens is 328 g/mol. The summed E-state index contributed by atoms with van der Waals surface area (Å²) in [6, 6.07) is 7.59. The monoisotopic (exact) mass is 354 g/mol. The van der Waals surface area contributed by atoms with Gasteiger partial charge >= 0.3 is 0 Å². The summed E-state index contributed by atoms with van der Waals surface area (Å²) in [5.74, 6) is 1.59. The Hall–Kier alpha value is -2.34. The number of benzene rings is 1. The van der Waals surface area contributed by atoms with Crippen LogP contribution < -0.4 is 9.64 Å². The molecule has 26 heavy (non-hydrogen) atoms. The summed E-state index contributed by atoms with van der Waals surface area (Å²) in [7, 11) is 1.58. The van der Waals surface area contributed by atoms with E-state index in [4.69, 9.17) is 4.74 Å². The number of rotatable bonds is 4. The molecule has 1 N–H and O–H groups in total. The Morgan fingerprint density at radius 2 is 1.88 bits per heavy atom. The fourth-order valence-corrected chi connectivity index (χ4v) is 4.44. The summed E-state index contributed by atoms with van der Waals surface area (Å²) < 4.78 is 5.15. The van der Waals surface area contributed by atoms with Gasteiger partial charge in [-0.1, -0.05) is 6.07 Å². The molecule has 0 amide bonds. The number of likely N-dealkylation sites (tertiary alicyclic amines) is 1. The van der Waals surface area contributed by atoms with Crippen LogP contribution in [0.15, 0.2) is 36.7 Å². The van der Waals surface area contributed by atoms with Gasteiger partial charge in [0.2, 0.25) is 5.95 Å². The zero-order valence-corrected chi connectivity index (χ0v) is 15.3. The zero-order valence-electron chi connectivity index (χ0n) is 15.3. The number of aromatic nitrogens is 2. The normalized spacial score (nSPS) is 19.8. The number of methoxy groups -OCH3 is 1. The van der Waals surface area contributed by atoms with Gasteiger partial charge in [-0.3, -0.25) is 4.90 Å². The molecule has 138 valence electrons. The van der Waals surface area contributed by atoms with E-state index in [0.29, 0.717) is 5.75 Å². The molecule has 1 aromatic heterocycles. The lowest BCUT2D eigenvalue weighted by Gasteiger charge is -2.45. The van der Waals surface area contributed by atoms with Crippen molar-refractivity contribution in [2.24, 2.45) is 0 Å². The highest BCUT2D eigenvalue weighted by Gasteiger charge is 2.43. The van der Waals surface area contributed by atoms with Crippen LogP contribution in [0.3, 0.4) is 0 Å². The number of nitrogens with zero attached hydrogens (tertiary/aromatic N) is 4. The Balaban J connectivity index is 1.44. The van der Waals surface area contributed by atoms with Crippen molar-refractivity contribution in [2.75, 3.05) is 31.6 Å². The lowest BCUT2D eigenvalue weighted by atomic mass is 9.85. The van der Waals surface area contributed by atoms with Gasteiger partial charge in [0.25, 0.3) is 0 Å². The topological polar surface area (TPSA) is 61.7 Å². The van der Waals surface area contributed by atoms with E-state index in [1.165, 1.54) is 12.8 Å². The van der Waals surface area contributed by atoms with E-state index in [2.05, 4.69) is 25.8 Å². The molecule has 2 aliphatic rings. The molecule has 2 aromatic rings. The van der Waals surface area contributed by atoms with Crippen LogP contribution in [0, 0.1) is 0 Å². The Bertz CT molecular complexity index is 745. The van der Waals surface area contributed by atoms with E-state index in [1.807, 2.05) is 30.6 Å². The molecule has 0 unspecified atom stereocenters. The SMILES string of the molecule is COc1ccc(CN2CCCC23CCN(c2ncccn2)CC3)cc1O. The predicted molar refractivity (Wildman–Crippen MR) is 101 cm³/mol. The average Bonchev–Trinajstić information content (AvgIpc) is 3.05. The number of phenolic OH excluding ortho intramolecular Hbond substituents is 1. The van der Waals surface area contributed by atoms with E-state index in [9.17, 15) is 5.11 Å². The minimum atomic E-state index is 0.217. The van der Waals surface area contributed by atoms with Crippen LogP contribution in [-0.2, 0) is 6.54 Å². The fraction of sp³-hybridized carbons (Fsp3) is 0.500. The molecule has 0 aliphatic carbocycles. The maximum atomic E-state index is 10.1. The molecule has 0 radical (unpaired) electrons. The summed E-state index contributed by atoms with van der Waals surface area (Å²) in [5.41, 5.74) is 1.40. The number of phenols is 1. The van der Waals surface area contributed by atoms with Crippen molar-refractivity contribution < 1.29 is 9.84 Å². The molecule has 4 rings (SSSR count). The van der Waals surface area contributed by atoms with E-state index < -0.39 is 0 Å². The van der Waals surface area contributed by atoms with Crippen LogP contribution in [-0.4, -0.2) is 52.3 Å². The first-order chi connectivity index (χ1) is 12.7. The highest BCUT2D eigenvalue weighted by molar-refractivity contribution is 5.41. The van der Waals surface area contributed by atoms with Gasteiger partial charge in [-0.2, -0.15) is 0 Å². The van der Waals surface area contributed by atoms with Gasteiger partial charge in [0, 0.05) is 37.6 Å². The van der Waals surface area contributed by atoms with E-state index >= 15 is 0 Å². The highest BCUT2D eigenvalue weighted by atomic mass is 16.5. The molecule has 6 heteroatoms. The number of ether oxygens (including phenoxy) is 1. The Kier molecular flexibility index (Phi) is 4.68. The number of piperidine rings is 1. The van der Waals surface area contributed by atoms with Crippen molar-refractivity contribution in [1.29, 1.82) is 0 Å². The third kappa shape index (κ3) is 3.21. The van der Waals surface area contributed by atoms with Crippen LogP contribution in [0.5, 0.6) is 11.5 Å². The summed E-state index contributed by atoms with van der Waals surface area (Å²) >= 11 is 0. The maximum absolute atomic E-state index is 10.1. The maximum Gasteiger partial charge on any atom is 0.225 e.